The van der Waals surface area contributed by atoms with E-state index in [-0.39, 0.29) is 19.8 Å². The van der Waals surface area contributed by atoms with Crippen LogP contribution in [0, 0.1) is 0 Å². The predicted molar refractivity (Wildman–Crippen MR) is 214 cm³/mol. The number of nitrogens with zero attached hydrogens (tertiary/aromatic N) is 3. The second-order valence-corrected chi connectivity index (χ2v) is 14.3. The Morgan fingerprint density at radius 2 is 0.673 bits per heavy atom. The lowest BCUT2D eigenvalue weighted by Crippen LogP contribution is -2.24. The van der Waals surface area contributed by atoms with Crippen molar-refractivity contribution in [1.29, 1.82) is 0 Å². The van der Waals surface area contributed by atoms with E-state index in [4.69, 9.17) is 9.84 Å². The summed E-state index contributed by atoms with van der Waals surface area (Å²) in [4.78, 5) is 11.6. The number of fused-ring (bicyclic) bond motifs is 6. The quantitative estimate of drug-likeness (QED) is 0.149. The summed E-state index contributed by atoms with van der Waals surface area (Å²) in [6, 6.07) is 49.3. The zero-order valence-corrected chi connectivity index (χ0v) is 30.3. The van der Waals surface area contributed by atoms with E-state index in [1.165, 1.54) is 42.3 Å². The molecule has 0 atom stereocenters. The van der Waals surface area contributed by atoms with Crippen molar-refractivity contribution in [3.63, 3.8) is 0 Å². The Morgan fingerprint density at radius 3 is 1.04 bits per heavy atom. The van der Waals surface area contributed by atoms with Gasteiger partial charge in [-0.3, -0.25) is 0 Å². The van der Waals surface area contributed by atoms with Gasteiger partial charge in [-0.05, 0) is 79.2 Å². The molecule has 0 aromatic heterocycles. The molecule has 0 unspecified atom stereocenters. The maximum atomic E-state index is 9.22. The number of hydrogen-bond donors (Lipinski definition) is 3. The number of aliphatic hydroxyl groups excluding tert-OH is 3. The fraction of sp³-hybridized carbons (Fsp3) is 0.163. The molecule has 3 N–H and O–H groups in total. The van der Waals surface area contributed by atoms with E-state index in [2.05, 4.69) is 99.6 Å². The van der Waals surface area contributed by atoms with E-state index in [9.17, 15) is 10.2 Å². The smallest absolute Gasteiger partial charge is 0.151 e. The van der Waals surface area contributed by atoms with Crippen LogP contribution in [0.4, 0.5) is 34.1 Å². The largest absolute Gasteiger partial charge is 0.453 e. The zero-order valence-electron chi connectivity index (χ0n) is 28.7. The number of hydrogen-bond acceptors (Lipinski definition) is 9. The monoisotopic (exact) mass is 727 g/mol. The Hall–Kier alpha value is -4.90. The average Bonchev–Trinajstić information content (AvgIpc) is 3.20. The van der Waals surface area contributed by atoms with Gasteiger partial charge in [0.2, 0.25) is 0 Å². The number of aliphatic hydroxyl groups is 3. The lowest BCUT2D eigenvalue weighted by atomic mass is 10.1. The minimum Gasteiger partial charge on any atom is -0.453 e. The summed E-state index contributed by atoms with van der Waals surface area (Å²) in [5.74, 6) is 1.67. The van der Waals surface area contributed by atoms with Crippen molar-refractivity contribution in [2.24, 2.45) is 0 Å². The molecule has 0 amide bonds. The van der Waals surface area contributed by atoms with E-state index < -0.39 is 0 Å². The predicted octanol–water partition coefficient (Wildman–Crippen LogP) is 9.88. The fourth-order valence-corrected chi connectivity index (χ4v) is 8.69. The van der Waals surface area contributed by atoms with Crippen LogP contribution in [0.25, 0.3) is 0 Å². The van der Waals surface area contributed by atoms with Crippen molar-refractivity contribution in [3.8, 4) is 11.5 Å². The van der Waals surface area contributed by atoms with Crippen LogP contribution in [0.1, 0.15) is 6.42 Å². The van der Waals surface area contributed by atoms with Crippen molar-refractivity contribution in [1.82, 2.24) is 0 Å². The third kappa shape index (κ3) is 7.65. The fourth-order valence-electron chi connectivity index (χ4n) is 6.49. The third-order valence-corrected chi connectivity index (χ3v) is 11.0. The molecule has 0 saturated carbocycles. The number of β-amino-alcohol motifs (C(OH)–C–C–N with tert-alkyl or cyclic N) is 2. The van der Waals surface area contributed by atoms with Crippen molar-refractivity contribution in [3.05, 3.63) is 146 Å². The Kier molecular flexibility index (Phi) is 11.7. The molecular weight excluding hydrogens is 687 g/mol. The van der Waals surface area contributed by atoms with Crippen LogP contribution in [-0.4, -0.2) is 54.8 Å². The highest BCUT2D eigenvalue weighted by molar-refractivity contribution is 8.00. The maximum absolute atomic E-state index is 9.22. The van der Waals surface area contributed by atoms with Crippen LogP contribution in [0.3, 0.4) is 0 Å². The summed E-state index contributed by atoms with van der Waals surface area (Å²) in [5, 5.41) is 27.5. The molecule has 6 aromatic carbocycles. The Balaban J connectivity index is 0.000000121. The summed E-state index contributed by atoms with van der Waals surface area (Å²) in [7, 11) is 0. The second kappa shape index (κ2) is 17.1. The molecule has 3 aliphatic heterocycles. The normalized spacial score (nSPS) is 12.9. The van der Waals surface area contributed by atoms with Gasteiger partial charge in [0.1, 0.15) is 0 Å². The number of para-hydroxylation sites is 8. The lowest BCUT2D eigenvalue weighted by Gasteiger charge is -2.32. The minimum atomic E-state index is 0.114. The summed E-state index contributed by atoms with van der Waals surface area (Å²) >= 11 is 3.60. The average molecular weight is 728 g/mol. The molecule has 3 heterocycles. The molecule has 0 saturated heterocycles. The summed E-state index contributed by atoms with van der Waals surface area (Å²) < 4.78 is 5.83. The molecule has 0 bridgehead atoms. The van der Waals surface area contributed by atoms with Gasteiger partial charge in [0, 0.05) is 45.8 Å². The van der Waals surface area contributed by atoms with Crippen molar-refractivity contribution >= 4 is 57.6 Å². The van der Waals surface area contributed by atoms with Crippen molar-refractivity contribution in [2.75, 3.05) is 54.2 Å². The second-order valence-electron chi connectivity index (χ2n) is 12.1. The SMILES string of the molecule is OCCCN1c2ccccc2Sc2ccccc21.OCCN1c2ccccc2Oc2ccccc21.OCCN1c2ccccc2Sc2ccccc21. The van der Waals surface area contributed by atoms with E-state index >= 15 is 0 Å². The molecule has 264 valence electrons. The van der Waals surface area contributed by atoms with E-state index in [0.717, 1.165) is 35.8 Å². The molecule has 9 rings (SSSR count). The molecule has 0 radical (unpaired) electrons. The summed E-state index contributed by atoms with van der Waals surface area (Å²) in [6.45, 7) is 2.56. The highest BCUT2D eigenvalue weighted by atomic mass is 32.2. The number of benzene rings is 6. The first-order chi connectivity index (χ1) is 25.7. The molecule has 52 heavy (non-hydrogen) atoms. The third-order valence-electron chi connectivity index (χ3n) is 8.78. The molecule has 6 aromatic rings. The van der Waals surface area contributed by atoms with Crippen LogP contribution in [-0.2, 0) is 0 Å². The summed E-state index contributed by atoms with van der Waals surface area (Å²) in [5.41, 5.74) is 6.86. The highest BCUT2D eigenvalue weighted by Crippen LogP contribution is 2.49. The first-order valence-electron chi connectivity index (χ1n) is 17.4. The Bertz CT molecular complexity index is 1880. The van der Waals surface area contributed by atoms with Gasteiger partial charge >= 0.3 is 0 Å². The van der Waals surface area contributed by atoms with Crippen LogP contribution in [0.5, 0.6) is 11.5 Å². The maximum Gasteiger partial charge on any atom is 0.151 e. The molecule has 9 heteroatoms. The topological polar surface area (TPSA) is 79.6 Å². The first kappa shape index (κ1) is 35.5. The molecule has 0 fully saturated rings. The van der Waals surface area contributed by atoms with Crippen LogP contribution < -0.4 is 19.4 Å². The van der Waals surface area contributed by atoms with Gasteiger partial charge in [0.15, 0.2) is 11.5 Å². The van der Waals surface area contributed by atoms with Gasteiger partial charge in [-0.15, -0.1) is 0 Å². The molecule has 0 spiro atoms. The zero-order chi connectivity index (χ0) is 35.7. The van der Waals surface area contributed by atoms with Gasteiger partial charge in [-0.2, -0.15) is 0 Å². The molecule has 3 aliphatic rings. The Labute approximate surface area is 313 Å². The van der Waals surface area contributed by atoms with Gasteiger partial charge in [-0.1, -0.05) is 96.3 Å². The van der Waals surface area contributed by atoms with Crippen LogP contribution in [0.2, 0.25) is 0 Å². The first-order valence-corrected chi connectivity index (χ1v) is 19.1. The van der Waals surface area contributed by atoms with Crippen molar-refractivity contribution < 1.29 is 20.1 Å². The summed E-state index contributed by atoms with van der Waals surface area (Å²) in [6.07, 6.45) is 0.785. The lowest BCUT2D eigenvalue weighted by molar-refractivity contribution is 0.290. The molecular formula is C43H41N3O4S2. The highest BCUT2D eigenvalue weighted by Gasteiger charge is 2.24. The molecule has 7 nitrogen and oxygen atoms in total. The van der Waals surface area contributed by atoms with Crippen molar-refractivity contribution in [2.45, 2.75) is 26.0 Å². The van der Waals surface area contributed by atoms with Gasteiger partial charge in [0.25, 0.3) is 0 Å². The number of ether oxygens (including phenoxy) is 1. The van der Waals surface area contributed by atoms with Gasteiger partial charge in [0.05, 0.1) is 47.3 Å². The van der Waals surface area contributed by atoms with Crippen LogP contribution >= 0.6 is 23.5 Å². The number of anilines is 6. The van der Waals surface area contributed by atoms with Gasteiger partial charge in [-0.25, -0.2) is 0 Å². The number of rotatable bonds is 7. The van der Waals surface area contributed by atoms with E-state index in [0.29, 0.717) is 13.1 Å². The van der Waals surface area contributed by atoms with Gasteiger partial charge < -0.3 is 34.8 Å². The van der Waals surface area contributed by atoms with Crippen LogP contribution in [0.15, 0.2) is 165 Å². The molecule has 0 aliphatic carbocycles. The van der Waals surface area contributed by atoms with E-state index in [1.807, 2.05) is 72.4 Å². The van der Waals surface area contributed by atoms with E-state index in [1.54, 1.807) is 11.8 Å². The standard InChI is InChI=1S/C15H15NOS.C14H13NO2.C14H13NOS/c17-11-5-10-16-12-6-1-3-8-14(12)18-15-9-4-2-7-13(15)16;2*16-10-9-15-11-5-1-3-7-13(11)17-14-8-4-2-6-12(14)15/h1-4,6-9,17H,5,10-11H2;2*1-8,16H,9-10H2. The minimum absolute atomic E-state index is 0.114. The Morgan fingerprint density at radius 1 is 0.365 bits per heavy atom.